The van der Waals surface area contributed by atoms with E-state index >= 15 is 0 Å². The van der Waals surface area contributed by atoms with E-state index in [1.54, 1.807) is 0 Å². The lowest BCUT2D eigenvalue weighted by molar-refractivity contribution is -0.384. The van der Waals surface area contributed by atoms with Crippen molar-refractivity contribution in [2.45, 2.75) is 18.9 Å². The molecule has 0 spiro atoms. The summed E-state index contributed by atoms with van der Waals surface area (Å²) < 4.78 is 28.2. The number of anilines is 1. The Morgan fingerprint density at radius 1 is 1.33 bits per heavy atom. The number of hydrogen-bond donors (Lipinski definition) is 1. The van der Waals surface area contributed by atoms with Gasteiger partial charge in [0, 0.05) is 18.2 Å². The first-order valence-corrected chi connectivity index (χ1v) is 8.27. The molecule has 1 fully saturated rings. The van der Waals surface area contributed by atoms with Crippen LogP contribution in [0.4, 0.5) is 11.7 Å². The zero-order valence-corrected chi connectivity index (χ0v) is 11.8. The van der Waals surface area contributed by atoms with Crippen molar-refractivity contribution in [1.82, 2.24) is 4.98 Å². The molecule has 0 saturated carbocycles. The Bertz CT molecular complexity index is 784. The van der Waals surface area contributed by atoms with Gasteiger partial charge in [-0.1, -0.05) is 0 Å². The summed E-state index contributed by atoms with van der Waals surface area (Å²) >= 11 is 0. The number of benzene rings is 1. The molecule has 0 bridgehead atoms. The van der Waals surface area contributed by atoms with Gasteiger partial charge in [-0.15, -0.1) is 0 Å². The van der Waals surface area contributed by atoms with E-state index in [1.807, 2.05) is 0 Å². The van der Waals surface area contributed by atoms with Gasteiger partial charge in [-0.05, 0) is 18.9 Å². The summed E-state index contributed by atoms with van der Waals surface area (Å²) in [7, 11) is -2.91. The van der Waals surface area contributed by atoms with Gasteiger partial charge in [-0.2, -0.15) is 4.98 Å². The van der Waals surface area contributed by atoms with Crippen LogP contribution in [0.1, 0.15) is 12.8 Å². The fraction of sp³-hybridized carbons (Fsp3) is 0.417. The lowest BCUT2D eigenvalue weighted by atomic mass is 10.2. The minimum Gasteiger partial charge on any atom is -0.424 e. The van der Waals surface area contributed by atoms with Gasteiger partial charge in [0.25, 0.3) is 11.7 Å². The number of nitro groups is 1. The summed E-state index contributed by atoms with van der Waals surface area (Å²) in [6.07, 6.45) is 1.00. The Hall–Kier alpha value is -2.16. The van der Waals surface area contributed by atoms with Crippen molar-refractivity contribution in [2.75, 3.05) is 16.8 Å². The fourth-order valence-corrected chi connectivity index (χ4v) is 3.79. The standard InChI is InChI=1S/C12H13N3O5S/c16-15(17)9-1-2-11-10(7-9)14-12(20-11)13-8-3-5-21(18,19)6-4-8/h1-2,7-8H,3-6H2,(H,13,14). The monoisotopic (exact) mass is 311 g/mol. The van der Waals surface area contributed by atoms with Crippen LogP contribution in [0.25, 0.3) is 11.1 Å². The van der Waals surface area contributed by atoms with Crippen LogP contribution in [0.3, 0.4) is 0 Å². The number of nitrogens with one attached hydrogen (secondary N) is 1. The number of aromatic nitrogens is 1. The minimum absolute atomic E-state index is 0.0171. The zero-order valence-electron chi connectivity index (χ0n) is 11.0. The molecule has 2 heterocycles. The molecule has 9 heteroatoms. The van der Waals surface area contributed by atoms with Crippen molar-refractivity contribution < 1.29 is 17.8 Å². The predicted octanol–water partition coefficient (Wildman–Crippen LogP) is 1.73. The molecule has 1 aliphatic rings. The fourth-order valence-electron chi connectivity index (χ4n) is 2.30. The summed E-state index contributed by atoms with van der Waals surface area (Å²) in [5.74, 6) is 0.298. The van der Waals surface area contributed by atoms with E-state index in [2.05, 4.69) is 10.3 Å². The molecule has 3 rings (SSSR count). The van der Waals surface area contributed by atoms with Crippen LogP contribution >= 0.6 is 0 Å². The van der Waals surface area contributed by atoms with Crippen LogP contribution in [-0.4, -0.2) is 35.9 Å². The molecule has 1 aromatic carbocycles. The Morgan fingerprint density at radius 3 is 2.71 bits per heavy atom. The third-order valence-corrected chi connectivity index (χ3v) is 5.18. The lowest BCUT2D eigenvalue weighted by Crippen LogP contribution is -2.32. The van der Waals surface area contributed by atoms with Crippen LogP contribution in [0, 0.1) is 10.1 Å². The highest BCUT2D eigenvalue weighted by Crippen LogP contribution is 2.25. The summed E-state index contributed by atoms with van der Waals surface area (Å²) in [4.78, 5) is 14.4. The summed E-state index contributed by atoms with van der Waals surface area (Å²) in [5.41, 5.74) is 0.799. The Kier molecular flexibility index (Phi) is 3.28. The van der Waals surface area contributed by atoms with E-state index < -0.39 is 14.8 Å². The average molecular weight is 311 g/mol. The molecule has 1 aromatic heterocycles. The van der Waals surface area contributed by atoms with Gasteiger partial charge in [0.15, 0.2) is 5.58 Å². The number of rotatable bonds is 3. The summed E-state index contributed by atoms with van der Waals surface area (Å²) in [5, 5.41) is 13.7. The van der Waals surface area contributed by atoms with Gasteiger partial charge >= 0.3 is 0 Å². The van der Waals surface area contributed by atoms with Gasteiger partial charge < -0.3 is 9.73 Å². The van der Waals surface area contributed by atoms with E-state index in [4.69, 9.17) is 4.42 Å². The van der Waals surface area contributed by atoms with E-state index in [9.17, 15) is 18.5 Å². The first-order chi connectivity index (χ1) is 9.93. The van der Waals surface area contributed by atoms with Crippen molar-refractivity contribution in [3.05, 3.63) is 28.3 Å². The molecule has 0 atom stereocenters. The number of fused-ring (bicyclic) bond motifs is 1. The van der Waals surface area contributed by atoms with Gasteiger partial charge in [0.05, 0.1) is 16.4 Å². The number of nitro benzene ring substituents is 1. The molecule has 8 nitrogen and oxygen atoms in total. The number of oxazole rings is 1. The van der Waals surface area contributed by atoms with Crippen LogP contribution in [0.5, 0.6) is 0 Å². The van der Waals surface area contributed by atoms with Gasteiger partial charge in [-0.3, -0.25) is 10.1 Å². The molecule has 2 aromatic rings. The molecule has 21 heavy (non-hydrogen) atoms. The van der Waals surface area contributed by atoms with E-state index in [0.717, 1.165) is 0 Å². The van der Waals surface area contributed by atoms with Crippen molar-refractivity contribution in [3.8, 4) is 0 Å². The van der Waals surface area contributed by atoms with Crippen LogP contribution in [0.2, 0.25) is 0 Å². The minimum atomic E-state index is -2.91. The number of hydrogen-bond acceptors (Lipinski definition) is 7. The average Bonchev–Trinajstić information content (AvgIpc) is 2.82. The second-order valence-corrected chi connectivity index (χ2v) is 7.30. The first-order valence-electron chi connectivity index (χ1n) is 6.45. The Balaban J connectivity index is 1.77. The predicted molar refractivity (Wildman–Crippen MR) is 76.0 cm³/mol. The molecule has 1 aliphatic heterocycles. The SMILES string of the molecule is O=[N+]([O-])c1ccc2oc(NC3CCS(=O)(=O)CC3)nc2c1. The topological polar surface area (TPSA) is 115 Å². The van der Waals surface area contributed by atoms with Crippen LogP contribution in [0.15, 0.2) is 22.6 Å². The molecule has 1 N–H and O–H groups in total. The highest BCUT2D eigenvalue weighted by Gasteiger charge is 2.24. The van der Waals surface area contributed by atoms with Crippen molar-refractivity contribution in [1.29, 1.82) is 0 Å². The molecule has 1 saturated heterocycles. The number of sulfone groups is 1. The molecule has 0 amide bonds. The third kappa shape index (κ3) is 2.97. The smallest absolute Gasteiger partial charge is 0.295 e. The number of non-ortho nitro benzene ring substituents is 1. The zero-order chi connectivity index (χ0) is 15.0. The quantitative estimate of drug-likeness (QED) is 0.677. The van der Waals surface area contributed by atoms with Crippen molar-refractivity contribution >= 4 is 32.6 Å². The van der Waals surface area contributed by atoms with Gasteiger partial charge in [0.1, 0.15) is 15.4 Å². The first kappa shape index (κ1) is 13.8. The molecule has 0 aliphatic carbocycles. The second-order valence-electron chi connectivity index (χ2n) is 5.00. The lowest BCUT2D eigenvalue weighted by Gasteiger charge is -2.21. The Morgan fingerprint density at radius 2 is 2.05 bits per heavy atom. The highest BCUT2D eigenvalue weighted by atomic mass is 32.2. The molecule has 0 radical (unpaired) electrons. The van der Waals surface area contributed by atoms with E-state index in [0.29, 0.717) is 23.9 Å². The largest absolute Gasteiger partial charge is 0.424 e. The third-order valence-electron chi connectivity index (χ3n) is 3.46. The Labute approximate surface area is 120 Å². The molecular formula is C12H13N3O5S. The van der Waals surface area contributed by atoms with Crippen molar-refractivity contribution in [2.24, 2.45) is 0 Å². The molecular weight excluding hydrogens is 298 g/mol. The summed E-state index contributed by atoms with van der Waals surface area (Å²) in [6.45, 7) is 0. The molecule has 0 unspecified atom stereocenters. The maximum atomic E-state index is 11.4. The normalized spacial score (nSPS) is 18.7. The van der Waals surface area contributed by atoms with E-state index in [-0.39, 0.29) is 29.2 Å². The second kappa shape index (κ2) is 4.99. The highest BCUT2D eigenvalue weighted by molar-refractivity contribution is 7.91. The maximum absolute atomic E-state index is 11.4. The maximum Gasteiger partial charge on any atom is 0.295 e. The van der Waals surface area contributed by atoms with Crippen molar-refractivity contribution in [3.63, 3.8) is 0 Å². The molecule has 112 valence electrons. The van der Waals surface area contributed by atoms with E-state index in [1.165, 1.54) is 18.2 Å². The van der Waals surface area contributed by atoms with Gasteiger partial charge in [-0.25, -0.2) is 8.42 Å². The summed E-state index contributed by atoms with van der Waals surface area (Å²) in [6, 6.07) is 4.43. The number of nitrogens with zero attached hydrogens (tertiary/aromatic N) is 2. The van der Waals surface area contributed by atoms with Crippen LogP contribution in [-0.2, 0) is 9.84 Å². The van der Waals surface area contributed by atoms with Crippen LogP contribution < -0.4 is 5.32 Å². The van der Waals surface area contributed by atoms with Gasteiger partial charge in [0.2, 0.25) is 0 Å².